The lowest BCUT2D eigenvalue weighted by Crippen LogP contribution is -2.36. The van der Waals surface area contributed by atoms with Crippen molar-refractivity contribution in [1.82, 2.24) is 15.3 Å². The Morgan fingerprint density at radius 3 is 2.33 bits per heavy atom. The van der Waals surface area contributed by atoms with Crippen molar-refractivity contribution in [3.05, 3.63) is 51.5 Å². The van der Waals surface area contributed by atoms with Gasteiger partial charge in [-0.15, -0.1) is 0 Å². The fourth-order valence-corrected chi connectivity index (χ4v) is 2.44. The monoisotopic (exact) mass is 345 g/mol. The van der Waals surface area contributed by atoms with Gasteiger partial charge in [-0.25, -0.2) is 9.97 Å². The third-order valence-electron chi connectivity index (χ3n) is 2.41. The molecule has 1 atom stereocenters. The van der Waals surface area contributed by atoms with Crippen LogP contribution in [0.1, 0.15) is 17.3 Å². The molecule has 1 unspecified atom stereocenters. The number of carbonyl (C=O) groups is 1. The first-order valence-electron chi connectivity index (χ1n) is 5.84. The molecule has 0 aliphatic rings. The second-order valence-corrected chi connectivity index (χ2v) is 5.31. The molecule has 0 saturated carbocycles. The number of nitrogens with one attached hydrogen (secondary N) is 1. The molecule has 0 bridgehead atoms. The van der Waals surface area contributed by atoms with E-state index in [4.69, 9.17) is 39.5 Å². The number of aromatic nitrogens is 2. The zero-order valence-corrected chi connectivity index (χ0v) is 13.1. The predicted octanol–water partition coefficient (Wildman–Crippen LogP) is 3.59. The van der Waals surface area contributed by atoms with Crippen LogP contribution >= 0.6 is 34.8 Å². The molecule has 0 saturated heterocycles. The minimum atomic E-state index is -0.658. The van der Waals surface area contributed by atoms with Crippen LogP contribution in [0.25, 0.3) is 0 Å². The Morgan fingerprint density at radius 1 is 1.19 bits per heavy atom. The van der Waals surface area contributed by atoms with E-state index >= 15 is 0 Å². The van der Waals surface area contributed by atoms with Gasteiger partial charge >= 0.3 is 0 Å². The van der Waals surface area contributed by atoms with Crippen molar-refractivity contribution in [2.45, 2.75) is 13.2 Å². The van der Waals surface area contributed by atoms with Crippen molar-refractivity contribution in [2.75, 3.05) is 0 Å². The Bertz CT molecular complexity index is 629. The van der Waals surface area contributed by atoms with Gasteiger partial charge in [0.15, 0.2) is 12.0 Å². The number of benzene rings is 1. The number of rotatable bonds is 4. The van der Waals surface area contributed by atoms with E-state index in [1.165, 1.54) is 30.9 Å². The van der Waals surface area contributed by atoms with Crippen LogP contribution in [-0.2, 0) is 0 Å². The van der Waals surface area contributed by atoms with Crippen LogP contribution in [0.2, 0.25) is 15.1 Å². The second kappa shape index (κ2) is 6.93. The number of ether oxygens (including phenoxy) is 1. The molecule has 21 heavy (non-hydrogen) atoms. The van der Waals surface area contributed by atoms with E-state index in [9.17, 15) is 4.79 Å². The van der Waals surface area contributed by atoms with Crippen LogP contribution in [0.5, 0.6) is 5.75 Å². The van der Waals surface area contributed by atoms with Gasteiger partial charge in [-0.2, -0.15) is 0 Å². The van der Waals surface area contributed by atoms with Crippen LogP contribution in [0, 0.1) is 0 Å². The van der Waals surface area contributed by atoms with E-state index in [1.807, 2.05) is 0 Å². The van der Waals surface area contributed by atoms with Crippen molar-refractivity contribution in [3.8, 4) is 5.75 Å². The molecule has 0 radical (unpaired) electrons. The summed E-state index contributed by atoms with van der Waals surface area (Å²) in [4.78, 5) is 19.4. The van der Waals surface area contributed by atoms with Gasteiger partial charge in [-0.3, -0.25) is 4.79 Å². The summed E-state index contributed by atoms with van der Waals surface area (Å²) in [5.74, 6) is -0.121. The number of halogens is 3. The number of hydrogen-bond donors (Lipinski definition) is 1. The Morgan fingerprint density at radius 2 is 1.76 bits per heavy atom. The minimum Gasteiger partial charge on any atom is -0.468 e. The van der Waals surface area contributed by atoms with E-state index in [2.05, 4.69) is 15.3 Å². The molecule has 110 valence electrons. The molecule has 1 aromatic heterocycles. The van der Waals surface area contributed by atoms with Crippen LogP contribution in [0.4, 0.5) is 0 Å². The van der Waals surface area contributed by atoms with Gasteiger partial charge < -0.3 is 10.1 Å². The lowest BCUT2D eigenvalue weighted by molar-refractivity contribution is 0.0851. The van der Waals surface area contributed by atoms with Crippen molar-refractivity contribution in [3.63, 3.8) is 0 Å². The Hall–Kier alpha value is -1.56. The number of amides is 1. The van der Waals surface area contributed by atoms with E-state index in [0.717, 1.165) is 0 Å². The van der Waals surface area contributed by atoms with Crippen LogP contribution < -0.4 is 10.1 Å². The fraction of sp³-hybridized carbons (Fsp3) is 0.154. The molecule has 8 heteroatoms. The molecule has 2 aromatic rings. The molecule has 1 heterocycles. The Kier molecular flexibility index (Phi) is 5.22. The first-order valence-corrected chi connectivity index (χ1v) is 6.98. The average molecular weight is 347 g/mol. The molecule has 1 amide bonds. The van der Waals surface area contributed by atoms with Crippen LogP contribution in [-0.4, -0.2) is 22.1 Å². The SMILES string of the molecule is CC(NC(=O)c1cncnc1)Oc1c(Cl)cc(Cl)cc1Cl. The highest BCUT2D eigenvalue weighted by atomic mass is 35.5. The summed E-state index contributed by atoms with van der Waals surface area (Å²) in [6, 6.07) is 3.01. The summed E-state index contributed by atoms with van der Waals surface area (Å²) in [5.41, 5.74) is 0.321. The van der Waals surface area contributed by atoms with E-state index in [0.29, 0.717) is 10.6 Å². The highest BCUT2D eigenvalue weighted by molar-refractivity contribution is 6.40. The van der Waals surface area contributed by atoms with Gasteiger partial charge in [-0.05, 0) is 19.1 Å². The van der Waals surface area contributed by atoms with Crippen molar-refractivity contribution >= 4 is 40.7 Å². The molecule has 1 aromatic carbocycles. The molecule has 1 N–H and O–H groups in total. The molecule has 0 spiro atoms. The molecular weight excluding hydrogens is 337 g/mol. The molecule has 0 aliphatic carbocycles. The topological polar surface area (TPSA) is 64.1 Å². The zero-order chi connectivity index (χ0) is 15.4. The van der Waals surface area contributed by atoms with E-state index in [1.54, 1.807) is 6.92 Å². The lowest BCUT2D eigenvalue weighted by atomic mass is 10.3. The predicted molar refractivity (Wildman–Crippen MR) is 81.1 cm³/mol. The first-order chi connectivity index (χ1) is 9.97. The van der Waals surface area contributed by atoms with Crippen LogP contribution in [0.3, 0.4) is 0 Å². The first kappa shape index (κ1) is 15.8. The maximum Gasteiger partial charge on any atom is 0.257 e. The third kappa shape index (κ3) is 4.20. The zero-order valence-electron chi connectivity index (χ0n) is 10.8. The standard InChI is InChI=1S/C13H10Cl3N3O2/c1-7(19-13(20)8-4-17-6-18-5-8)21-12-10(15)2-9(14)3-11(12)16/h2-7H,1H3,(H,19,20). The van der Waals surface area contributed by atoms with Gasteiger partial charge in [0.1, 0.15) is 6.33 Å². The molecule has 2 rings (SSSR count). The number of carbonyl (C=O) groups excluding carboxylic acids is 1. The van der Waals surface area contributed by atoms with Crippen LogP contribution in [0.15, 0.2) is 30.9 Å². The summed E-state index contributed by atoms with van der Waals surface area (Å²) < 4.78 is 5.53. The van der Waals surface area contributed by atoms with Gasteiger partial charge in [-0.1, -0.05) is 34.8 Å². The number of hydrogen-bond acceptors (Lipinski definition) is 4. The highest BCUT2D eigenvalue weighted by Crippen LogP contribution is 2.36. The Labute approximate surface area is 136 Å². The van der Waals surface area contributed by atoms with Gasteiger partial charge in [0, 0.05) is 17.4 Å². The smallest absolute Gasteiger partial charge is 0.257 e. The normalized spacial score (nSPS) is 11.8. The number of nitrogens with zero attached hydrogens (tertiary/aromatic N) is 2. The highest BCUT2D eigenvalue weighted by Gasteiger charge is 2.15. The molecule has 5 nitrogen and oxygen atoms in total. The molecular formula is C13H10Cl3N3O2. The minimum absolute atomic E-state index is 0.250. The van der Waals surface area contributed by atoms with Crippen molar-refractivity contribution < 1.29 is 9.53 Å². The maximum absolute atomic E-state index is 11.9. The van der Waals surface area contributed by atoms with E-state index < -0.39 is 6.23 Å². The molecule has 0 fully saturated rings. The van der Waals surface area contributed by atoms with Crippen molar-refractivity contribution in [2.24, 2.45) is 0 Å². The van der Waals surface area contributed by atoms with Crippen molar-refractivity contribution in [1.29, 1.82) is 0 Å². The summed E-state index contributed by atoms with van der Waals surface area (Å²) in [5, 5.41) is 3.54. The summed E-state index contributed by atoms with van der Waals surface area (Å²) in [7, 11) is 0. The lowest BCUT2D eigenvalue weighted by Gasteiger charge is -2.18. The third-order valence-corrected chi connectivity index (χ3v) is 3.19. The summed E-state index contributed by atoms with van der Waals surface area (Å²) in [6.07, 6.45) is 3.48. The van der Waals surface area contributed by atoms with E-state index in [-0.39, 0.29) is 21.7 Å². The van der Waals surface area contributed by atoms with Gasteiger partial charge in [0.05, 0.1) is 15.6 Å². The Balaban J connectivity index is 2.06. The summed E-state index contributed by atoms with van der Waals surface area (Å²) >= 11 is 17.8. The fourth-order valence-electron chi connectivity index (χ4n) is 1.53. The average Bonchev–Trinajstić information content (AvgIpc) is 2.43. The quantitative estimate of drug-likeness (QED) is 0.859. The second-order valence-electron chi connectivity index (χ2n) is 4.06. The largest absolute Gasteiger partial charge is 0.468 e. The van der Waals surface area contributed by atoms with Gasteiger partial charge in [0.2, 0.25) is 0 Å². The van der Waals surface area contributed by atoms with Gasteiger partial charge in [0.25, 0.3) is 5.91 Å². The maximum atomic E-state index is 11.9. The molecule has 0 aliphatic heterocycles. The summed E-state index contributed by atoms with van der Waals surface area (Å²) in [6.45, 7) is 1.64.